The molecule has 2 amide bonds. The summed E-state index contributed by atoms with van der Waals surface area (Å²) in [5, 5.41) is 5.07. The fraction of sp³-hybridized carbons (Fsp3) is 0.487. The second-order valence-corrected chi connectivity index (χ2v) is 18.0. The number of H-pyrrole nitrogens is 2. The summed E-state index contributed by atoms with van der Waals surface area (Å²) in [6.07, 6.45) is 0.387. The van der Waals surface area contributed by atoms with Crippen molar-refractivity contribution >= 4 is 65.9 Å². The Labute approximate surface area is 336 Å². The maximum Gasteiger partial charge on any atom is 0.310 e. The average Bonchev–Trinajstić information content (AvgIpc) is 3.81. The lowest BCUT2D eigenvalue weighted by atomic mass is 9.85. The van der Waals surface area contributed by atoms with Crippen LogP contribution >= 0.6 is 0 Å². The van der Waals surface area contributed by atoms with Crippen molar-refractivity contribution in [2.24, 2.45) is 0 Å². The number of rotatable bonds is 14. The van der Waals surface area contributed by atoms with Crippen LogP contribution in [0.1, 0.15) is 131 Å². The van der Waals surface area contributed by atoms with E-state index in [1.54, 1.807) is 6.92 Å². The predicted octanol–water partition coefficient (Wildman–Crippen LogP) is 4.44. The molecule has 2 aliphatic rings. The fourth-order valence-corrected chi connectivity index (χ4v) is 8.65. The number of aromatic amines is 2. The normalized spacial score (nSPS) is 18.2. The highest BCUT2D eigenvalue weighted by Gasteiger charge is 2.34. The van der Waals surface area contributed by atoms with Crippen LogP contribution in [0.25, 0.3) is 22.1 Å². The number of ether oxygens (including phenoxy) is 1. The quantitative estimate of drug-likeness (QED) is 0.0746. The maximum absolute atomic E-state index is 14.1. The summed E-state index contributed by atoms with van der Waals surface area (Å²) in [5.74, 6) is -4.48. The number of ketones is 1. The summed E-state index contributed by atoms with van der Waals surface area (Å²) >= 11 is 0. The topological polar surface area (TPSA) is 268 Å². The second-order valence-electron chi connectivity index (χ2n) is 14.9. The SMILES string of the molecule is CC[C@H]1c2cc3[nH]c(c(CC(=O)OC)c4nc(cc5[nH]c(cc(n2)[C@@H]1C)c(C(C)=O)c5C)[C@@H](C)[C@@H]4CCC(=O)NCCS(=O)(=O)O)c(C(=O)NCCS(=O)(=O)O)c3C. The molecule has 0 radical (unpaired) electrons. The van der Waals surface area contributed by atoms with Crippen molar-refractivity contribution in [1.82, 2.24) is 30.6 Å². The highest BCUT2D eigenvalue weighted by Crippen LogP contribution is 2.43. The summed E-state index contributed by atoms with van der Waals surface area (Å²) in [7, 11) is -7.51. The Morgan fingerprint density at radius 3 is 1.95 bits per heavy atom. The zero-order valence-electron chi connectivity index (χ0n) is 33.5. The van der Waals surface area contributed by atoms with Crippen molar-refractivity contribution in [2.75, 3.05) is 31.7 Å². The first-order valence-corrected chi connectivity index (χ1v) is 22.2. The molecule has 0 spiro atoms. The Morgan fingerprint density at radius 2 is 1.34 bits per heavy atom. The molecule has 314 valence electrons. The van der Waals surface area contributed by atoms with Gasteiger partial charge in [0.1, 0.15) is 0 Å². The van der Waals surface area contributed by atoms with E-state index >= 15 is 0 Å². The van der Waals surface area contributed by atoms with Gasteiger partial charge < -0.3 is 25.3 Å². The number of Topliss-reactive ketones (excluding diaryl/α,β-unsaturated/α-hetero) is 1. The average molecular weight is 843 g/mol. The van der Waals surface area contributed by atoms with Crippen molar-refractivity contribution in [3.05, 3.63) is 68.8 Å². The Hall–Kier alpha value is -4.98. The number of carbonyl (C=O) groups is 4. The second kappa shape index (κ2) is 17.5. The number of carbonyl (C=O) groups excluding carboxylic acids is 4. The van der Waals surface area contributed by atoms with E-state index in [0.717, 1.165) is 5.69 Å². The first-order valence-electron chi connectivity index (χ1n) is 18.9. The number of aromatic nitrogens is 4. The zero-order chi connectivity index (χ0) is 42.9. The zero-order valence-corrected chi connectivity index (χ0v) is 35.1. The minimum Gasteiger partial charge on any atom is -0.469 e. The lowest BCUT2D eigenvalue weighted by Gasteiger charge is -2.18. The minimum absolute atomic E-state index is 0.0497. The summed E-state index contributed by atoms with van der Waals surface area (Å²) in [5.41, 5.74) is 6.21. The highest BCUT2D eigenvalue weighted by atomic mass is 32.2. The van der Waals surface area contributed by atoms with E-state index in [9.17, 15) is 40.6 Å². The van der Waals surface area contributed by atoms with E-state index in [-0.39, 0.29) is 60.1 Å². The Kier molecular flexibility index (Phi) is 13.3. The van der Waals surface area contributed by atoms with Crippen molar-refractivity contribution in [3.8, 4) is 0 Å². The molecule has 3 aromatic rings. The Balaban J connectivity index is 1.89. The van der Waals surface area contributed by atoms with E-state index < -0.39 is 67.9 Å². The van der Waals surface area contributed by atoms with E-state index in [1.807, 2.05) is 39.0 Å². The molecule has 3 aromatic heterocycles. The van der Waals surface area contributed by atoms with Gasteiger partial charge in [-0.1, -0.05) is 20.8 Å². The van der Waals surface area contributed by atoms with Crippen molar-refractivity contribution in [3.63, 3.8) is 0 Å². The number of methoxy groups -OCH3 is 1. The molecule has 5 heterocycles. The van der Waals surface area contributed by atoms with Gasteiger partial charge >= 0.3 is 5.97 Å². The van der Waals surface area contributed by atoms with E-state index in [2.05, 4.69) is 27.5 Å². The third-order valence-electron chi connectivity index (χ3n) is 11.1. The minimum atomic E-state index is -4.41. The number of amides is 2. The van der Waals surface area contributed by atoms with Crippen LogP contribution in [0.15, 0.2) is 18.2 Å². The molecular formula is C39H50N6O11S2. The van der Waals surface area contributed by atoms with Crippen LogP contribution in [0.4, 0.5) is 0 Å². The Bertz CT molecular complexity index is 2540. The van der Waals surface area contributed by atoms with Gasteiger partial charge in [-0.2, -0.15) is 16.8 Å². The molecule has 0 saturated heterocycles. The monoisotopic (exact) mass is 842 g/mol. The third-order valence-corrected chi connectivity index (χ3v) is 12.5. The number of nitrogens with zero attached hydrogens (tertiary/aromatic N) is 2. The van der Waals surface area contributed by atoms with Gasteiger partial charge in [0.25, 0.3) is 26.1 Å². The molecule has 0 aliphatic carbocycles. The lowest BCUT2D eigenvalue weighted by Crippen LogP contribution is -2.29. The summed E-state index contributed by atoms with van der Waals surface area (Å²) in [6.45, 7) is 10.3. The smallest absolute Gasteiger partial charge is 0.310 e. The first-order chi connectivity index (χ1) is 27.1. The van der Waals surface area contributed by atoms with Crippen molar-refractivity contribution in [2.45, 2.75) is 90.9 Å². The number of esters is 1. The molecule has 19 heteroatoms. The number of hydrogen-bond acceptors (Lipinski definition) is 11. The van der Waals surface area contributed by atoms with Crippen LogP contribution in [0, 0.1) is 13.8 Å². The van der Waals surface area contributed by atoms with Crippen LogP contribution in [0.3, 0.4) is 0 Å². The maximum atomic E-state index is 14.1. The van der Waals surface area contributed by atoms with Gasteiger partial charge in [-0.05, 0) is 62.9 Å². The summed E-state index contributed by atoms with van der Waals surface area (Å²) in [6, 6.07) is 5.52. The van der Waals surface area contributed by atoms with Crippen LogP contribution < -0.4 is 10.6 Å². The molecule has 8 bridgehead atoms. The largest absolute Gasteiger partial charge is 0.469 e. The van der Waals surface area contributed by atoms with Crippen molar-refractivity contribution in [1.29, 1.82) is 0 Å². The molecule has 5 rings (SSSR count). The number of aryl methyl sites for hydroxylation is 2. The van der Waals surface area contributed by atoms with Gasteiger partial charge in [-0.3, -0.25) is 38.3 Å². The highest BCUT2D eigenvalue weighted by molar-refractivity contribution is 7.86. The summed E-state index contributed by atoms with van der Waals surface area (Å²) < 4.78 is 69.2. The molecule has 0 unspecified atom stereocenters. The van der Waals surface area contributed by atoms with E-state index in [0.29, 0.717) is 56.7 Å². The molecule has 4 atom stereocenters. The van der Waals surface area contributed by atoms with Crippen LogP contribution in [0.5, 0.6) is 0 Å². The van der Waals surface area contributed by atoms with Gasteiger partial charge in [-0.15, -0.1) is 0 Å². The number of fused-ring (bicyclic) bond motifs is 8. The molecule has 0 aromatic carbocycles. The standard InChI is InChI=1S/C39H50N6O11S2/c1-8-24-19(2)27-18-32-35(23(6)46)21(4)29(43-32)16-28-20(3)25(9-10-33(47)40-11-13-57(50,51)52)37(44-28)26(15-34(48)56-7)38-36(39(49)41-12-14-58(53,54)55)22(5)30(45-38)17-31(24)42-27/h16-20,24-25,43,45H,8-15H2,1-7H3,(H,40,47)(H,41,49)(H,50,51,52)(H,53,54,55)/t19-,20+,24-,25+/m1/s1. The van der Waals surface area contributed by atoms with Gasteiger partial charge in [0.2, 0.25) is 5.91 Å². The van der Waals surface area contributed by atoms with Gasteiger partial charge in [0.05, 0.1) is 47.3 Å². The predicted molar refractivity (Wildman–Crippen MR) is 216 cm³/mol. The molecule has 6 N–H and O–H groups in total. The number of nitrogens with one attached hydrogen (secondary N) is 4. The van der Waals surface area contributed by atoms with Crippen LogP contribution in [0.2, 0.25) is 0 Å². The molecule has 58 heavy (non-hydrogen) atoms. The molecular weight excluding hydrogens is 793 g/mol. The van der Waals surface area contributed by atoms with Crippen LogP contribution in [-0.4, -0.2) is 101 Å². The molecule has 0 fully saturated rings. The van der Waals surface area contributed by atoms with Gasteiger partial charge in [0, 0.05) is 82.4 Å². The first kappa shape index (κ1) is 44.1. The van der Waals surface area contributed by atoms with E-state index in [1.165, 1.54) is 14.0 Å². The lowest BCUT2D eigenvalue weighted by molar-refractivity contribution is -0.139. The third kappa shape index (κ3) is 9.82. The van der Waals surface area contributed by atoms with Gasteiger partial charge in [0.15, 0.2) is 5.78 Å². The fourth-order valence-electron chi connectivity index (χ4n) is 7.93. The van der Waals surface area contributed by atoms with Crippen molar-refractivity contribution < 1.29 is 49.9 Å². The molecule has 0 saturated carbocycles. The number of hydrogen-bond donors (Lipinski definition) is 6. The van der Waals surface area contributed by atoms with E-state index in [4.69, 9.17) is 19.3 Å². The summed E-state index contributed by atoms with van der Waals surface area (Å²) in [4.78, 5) is 70.3. The van der Waals surface area contributed by atoms with Gasteiger partial charge in [-0.25, -0.2) is 0 Å². The molecule has 17 nitrogen and oxygen atoms in total. The van der Waals surface area contributed by atoms with Crippen LogP contribution in [-0.2, 0) is 41.0 Å². The Morgan fingerprint density at radius 1 is 0.793 bits per heavy atom. The molecule has 2 aliphatic heterocycles.